The first-order chi connectivity index (χ1) is 65.9. The number of aliphatic carboxylic acids is 1. The van der Waals surface area contributed by atoms with Gasteiger partial charge in [-0.15, -0.1) is 0 Å². The Morgan fingerprint density at radius 3 is 1.07 bits per heavy atom. The van der Waals surface area contributed by atoms with Crippen LogP contribution in [0.5, 0.6) is 0 Å². The molecule has 9 amide bonds. The first-order valence-electron chi connectivity index (χ1n) is 44.6. The van der Waals surface area contributed by atoms with Crippen molar-refractivity contribution in [2.24, 2.45) is 11.7 Å². The molecule has 790 valence electrons. The quantitative estimate of drug-likeness (QED) is 0.0155. The number of rotatable bonds is 48. The summed E-state index contributed by atoms with van der Waals surface area (Å²) in [6, 6.07) is -17.1. The van der Waals surface area contributed by atoms with Gasteiger partial charge in [0.2, 0.25) is 53.2 Å². The molecular formula is C85H127N13O39S4. The Kier molecular flexibility index (Phi) is 48.6. The number of nitrogens with zero attached hydrogens (tertiary/aromatic N) is 1. The minimum absolute atomic E-state index is 0.00332. The molecule has 0 unspecified atom stereocenters. The van der Waals surface area contributed by atoms with Crippen LogP contribution in [0, 0.1) is 5.92 Å². The Hall–Kier alpha value is -11.4. The number of carboxylic acids is 1. The molecule has 0 aliphatic carbocycles. The molecule has 0 aromatic carbocycles. The Morgan fingerprint density at radius 2 is 0.730 bits per heavy atom. The van der Waals surface area contributed by atoms with Gasteiger partial charge in [0.15, 0.2) is 74.0 Å². The lowest BCUT2D eigenvalue weighted by atomic mass is 9.95. The van der Waals surface area contributed by atoms with Crippen molar-refractivity contribution in [3.63, 3.8) is 0 Å². The number of thiocarbonyl (C=S) groups is 4. The molecular weight excluding hydrogens is 1960 g/mol. The fraction of sp³-hybridized carbons (Fsp3) is 0.718. The van der Waals surface area contributed by atoms with Crippen LogP contribution in [0.15, 0.2) is 0 Å². The van der Waals surface area contributed by atoms with E-state index >= 15 is 14.4 Å². The normalized spacial score (nSPS) is 26.6. The number of carbonyl (C=O) groups excluding carboxylic acids is 19. The summed E-state index contributed by atoms with van der Waals surface area (Å²) in [5.41, 5.74) is 5.32. The second-order valence-corrected chi connectivity index (χ2v) is 36.3. The van der Waals surface area contributed by atoms with E-state index in [1.165, 1.54) is 27.7 Å². The van der Waals surface area contributed by atoms with Crippen molar-refractivity contribution in [1.29, 1.82) is 0 Å². The van der Waals surface area contributed by atoms with E-state index < -0.39 is 348 Å². The minimum atomic E-state index is -2.34. The highest BCUT2D eigenvalue weighted by Gasteiger charge is 2.58. The fourth-order valence-corrected chi connectivity index (χ4v) is 16.2. The fourth-order valence-electron chi connectivity index (χ4n) is 15.7. The average Bonchev–Trinajstić information content (AvgIpc) is 1.50. The monoisotopic (exact) mass is 2080 g/mol. The molecule has 5 saturated heterocycles. The van der Waals surface area contributed by atoms with Crippen LogP contribution >= 0.6 is 48.9 Å². The molecule has 0 aromatic heterocycles. The van der Waals surface area contributed by atoms with Gasteiger partial charge in [0.1, 0.15) is 98.0 Å². The Bertz CT molecular complexity index is 4560. The third-order valence-electron chi connectivity index (χ3n) is 21.2. The van der Waals surface area contributed by atoms with Crippen molar-refractivity contribution in [2.75, 3.05) is 46.1 Å². The molecule has 28 atom stereocenters. The van der Waals surface area contributed by atoms with Crippen LogP contribution in [0.25, 0.3) is 0 Å². The molecule has 5 rings (SSSR count). The smallest absolute Gasteiger partial charge is 0.303 e. The standard InChI is InChI=1S/C85H127N13O39S4/c1-33(2)26-53(95-77(115)52(90-37(6)99)23-24-61(112)113)78(116)89-34(3)76(114)96-63(36(5)125-85-67(94-41(10)141)75(133-51(20)109)71(129-47(16)105)58(137-85)32-123-83-65(92-39(8)139)73(131-49(18)107)69(127-45(14)103)56(135-83)30-121-43(12)101)81(119)97-62(80(118)88-28-60(111)98-25-21-22-54(98)79(117)87-27-59(86)110)35(4)124-84-66(93-40(9)140)74(132-50(19)108)70(128-46(15)104)57(136-84)31-122-82-64(91-38(7)138)72(130-48(17)106)68(126-44(13)102)55(134-82)29-120-42(11)100/h33-36,52-58,62-75,82-85H,21-32H2,1-20H3,(H2,86,110)(H,87,117)(H,88,118)(H,89,116)(H,90,99)(H,91,138)(H,92,139)(H,93,140)(H,94,141)(H,95,115)(H,96,114)(H,97,119)(H,112,113)/t34-,35+,36+,52-,53-,54-,55+,56+,57+,58+,62-,63-,64+,65+,66+,67+,68-,69-,70-,71-,72+,73+,74+,75+,82-,83-,84-,85-/m0/s1. The van der Waals surface area contributed by atoms with Crippen molar-refractivity contribution in [2.45, 2.75) is 342 Å². The molecule has 14 N–H and O–H groups in total. The van der Waals surface area contributed by atoms with Gasteiger partial charge in [0.25, 0.3) is 0 Å². The van der Waals surface area contributed by atoms with E-state index in [0.29, 0.717) is 0 Å². The molecule has 5 aliphatic heterocycles. The van der Waals surface area contributed by atoms with Crippen LogP contribution in [0.3, 0.4) is 0 Å². The van der Waals surface area contributed by atoms with Crippen LogP contribution in [0.4, 0.5) is 0 Å². The van der Waals surface area contributed by atoms with Crippen molar-refractivity contribution in [3.8, 4) is 0 Å². The summed E-state index contributed by atoms with van der Waals surface area (Å²) >= 11 is 22.0. The SMILES string of the molecule is CC(=O)N[C@@H](CCC(=O)O)C(=O)N[C@@H](CC(C)C)C(=O)N[C@@H](C)C(=O)N[C@H](C(=O)N[C@H](C(=O)NCC(=O)N1CCC[C@H]1C(=O)NCC(N)=O)[C@@H](C)O[C@H]1O[C@H](CO[C@H]2O[C@H](COC(C)=O)[C@H](OC(C)=O)[C@H](OC(C)=O)[C@H]2NC(C)=S)[C@H](OC(C)=O)[C@H](OC(C)=O)[C@H]1NC(C)=S)[C@@H](C)O[C@H]1O[C@H](CO[C@H]2O[C@H](COC(C)=O)[C@H](OC(C)=O)[C@H](OC(C)=O)[C@H]2NC(C)=S)[C@H](OC(C)=O)[C@H](OC(C)=O)[C@H]1NC(C)=S. The Balaban J connectivity index is 1.83. The number of carboxylic acid groups (broad SMARTS) is 1. The first kappa shape index (κ1) is 120. The van der Waals surface area contributed by atoms with Gasteiger partial charge in [-0.3, -0.25) is 95.9 Å². The van der Waals surface area contributed by atoms with Crippen LogP contribution < -0.4 is 64.2 Å². The summed E-state index contributed by atoms with van der Waals surface area (Å²) in [6.07, 6.45) is -32.9. The number of hydrogen-bond donors (Lipinski definition) is 13. The number of likely N-dealkylation sites (tertiary alicyclic amines) is 1. The van der Waals surface area contributed by atoms with Gasteiger partial charge in [0.05, 0.1) is 58.5 Å². The minimum Gasteiger partial charge on any atom is -0.481 e. The van der Waals surface area contributed by atoms with E-state index in [0.717, 1.165) is 102 Å². The summed E-state index contributed by atoms with van der Waals surface area (Å²) in [5, 5.41) is 38.3. The predicted molar refractivity (Wildman–Crippen MR) is 493 cm³/mol. The van der Waals surface area contributed by atoms with Crippen molar-refractivity contribution in [3.05, 3.63) is 0 Å². The molecule has 5 aliphatic rings. The maximum absolute atomic E-state index is 16.4. The Labute approximate surface area is 832 Å². The van der Waals surface area contributed by atoms with Gasteiger partial charge < -0.3 is 159 Å². The highest BCUT2D eigenvalue weighted by Crippen LogP contribution is 2.36. The molecule has 56 heteroatoms. The number of esters is 10. The van der Waals surface area contributed by atoms with Crippen LogP contribution in [0.1, 0.15) is 171 Å². The third-order valence-corrected chi connectivity index (χ3v) is 21.7. The molecule has 5 heterocycles. The van der Waals surface area contributed by atoms with E-state index in [-0.39, 0.29) is 45.8 Å². The lowest BCUT2D eigenvalue weighted by molar-refractivity contribution is -0.311. The van der Waals surface area contributed by atoms with E-state index in [1.54, 1.807) is 13.8 Å². The zero-order valence-corrected chi connectivity index (χ0v) is 84.6. The van der Waals surface area contributed by atoms with Crippen LogP contribution in [-0.4, -0.2) is 366 Å². The van der Waals surface area contributed by atoms with Crippen LogP contribution in [0.2, 0.25) is 0 Å². The van der Waals surface area contributed by atoms with Gasteiger partial charge in [-0.05, 0) is 80.1 Å². The van der Waals surface area contributed by atoms with Gasteiger partial charge in [-0.1, -0.05) is 62.7 Å². The molecule has 0 saturated carbocycles. The second-order valence-electron chi connectivity index (χ2n) is 33.8. The number of primary amides is 1. The topological polar surface area (TPSA) is 689 Å². The lowest BCUT2D eigenvalue weighted by Crippen LogP contribution is -2.69. The summed E-state index contributed by atoms with van der Waals surface area (Å²) in [4.78, 5) is 271. The number of hydrogen-bond acceptors (Lipinski definition) is 42. The zero-order chi connectivity index (χ0) is 106. The van der Waals surface area contributed by atoms with E-state index in [2.05, 4.69) is 58.5 Å². The number of carbonyl (C=O) groups is 20. The lowest BCUT2D eigenvalue weighted by Gasteiger charge is -2.48. The largest absolute Gasteiger partial charge is 0.481 e. The number of nitrogens with one attached hydrogen (secondary N) is 11. The summed E-state index contributed by atoms with van der Waals surface area (Å²) in [5.74, 6) is -21.1. The predicted octanol–water partition coefficient (Wildman–Crippen LogP) is -4.39. The van der Waals surface area contributed by atoms with Gasteiger partial charge in [-0.25, -0.2) is 0 Å². The van der Waals surface area contributed by atoms with E-state index in [1.807, 2.05) is 0 Å². The number of ether oxygens (including phenoxy) is 18. The van der Waals surface area contributed by atoms with Crippen molar-refractivity contribution in [1.82, 2.24) is 63.4 Å². The molecule has 0 aromatic rings. The molecule has 0 bridgehead atoms. The van der Waals surface area contributed by atoms with Crippen LogP contribution in [-0.2, 0) is 181 Å². The number of amides is 9. The van der Waals surface area contributed by atoms with E-state index in [9.17, 15) is 86.6 Å². The van der Waals surface area contributed by atoms with Crippen molar-refractivity contribution >= 4 is 188 Å². The van der Waals surface area contributed by atoms with Gasteiger partial charge in [0, 0.05) is 89.1 Å². The maximum Gasteiger partial charge on any atom is 0.303 e. The summed E-state index contributed by atoms with van der Waals surface area (Å²) < 4.78 is 110. The first-order valence-corrected chi connectivity index (χ1v) is 46.2. The van der Waals surface area contributed by atoms with E-state index in [4.69, 9.17) is 140 Å². The summed E-state index contributed by atoms with van der Waals surface area (Å²) in [6.45, 7) is 18.4. The number of nitrogens with two attached hydrogens (primary N) is 1. The summed E-state index contributed by atoms with van der Waals surface area (Å²) in [7, 11) is 0. The average molecular weight is 2080 g/mol. The van der Waals surface area contributed by atoms with Gasteiger partial charge in [-0.2, -0.15) is 0 Å². The third kappa shape index (κ3) is 39.1. The molecule has 52 nitrogen and oxygen atoms in total. The second kappa shape index (κ2) is 57.1. The highest BCUT2D eigenvalue weighted by molar-refractivity contribution is 7.80. The zero-order valence-electron chi connectivity index (χ0n) is 81.3. The molecule has 5 fully saturated rings. The molecule has 0 spiro atoms. The maximum atomic E-state index is 16.4. The van der Waals surface area contributed by atoms with Gasteiger partial charge >= 0.3 is 65.7 Å². The molecule has 0 radical (unpaired) electrons. The van der Waals surface area contributed by atoms with Crippen molar-refractivity contribution < 1.29 is 186 Å². The molecule has 141 heavy (non-hydrogen) atoms. The highest BCUT2D eigenvalue weighted by atomic mass is 32.1. The Morgan fingerprint density at radius 1 is 0.390 bits per heavy atom.